The number of amides is 1. The van der Waals surface area contributed by atoms with Gasteiger partial charge >= 0.3 is 5.97 Å². The molecule has 132 valence electrons. The fourth-order valence-corrected chi connectivity index (χ4v) is 2.98. The monoisotopic (exact) mass is 340 g/mol. The first-order valence-electron chi connectivity index (χ1n) is 8.56. The Kier molecular flexibility index (Phi) is 4.77. The number of nitrogens with zero attached hydrogens (tertiary/aromatic N) is 1. The van der Waals surface area contributed by atoms with Gasteiger partial charge in [-0.1, -0.05) is 36.4 Å². The number of benzene rings is 2. The molecule has 5 heteroatoms. The summed E-state index contributed by atoms with van der Waals surface area (Å²) in [6.45, 7) is 7.03. The molecule has 1 fully saturated rings. The van der Waals surface area contributed by atoms with Gasteiger partial charge in [0, 0.05) is 19.6 Å². The summed E-state index contributed by atoms with van der Waals surface area (Å²) in [5.41, 5.74) is 0.441. The zero-order valence-corrected chi connectivity index (χ0v) is 14.9. The van der Waals surface area contributed by atoms with E-state index in [-0.39, 0.29) is 5.91 Å². The minimum atomic E-state index is -0.923. The maximum atomic E-state index is 12.7. The Labute approximate surface area is 148 Å². The summed E-state index contributed by atoms with van der Waals surface area (Å²) in [6, 6.07) is 13.4. The van der Waals surface area contributed by atoms with Crippen LogP contribution in [0.4, 0.5) is 0 Å². The highest BCUT2D eigenvalue weighted by molar-refractivity contribution is 6.02. The molecule has 0 saturated carbocycles. The molecule has 0 aromatic heterocycles. The van der Waals surface area contributed by atoms with Crippen molar-refractivity contribution in [2.75, 3.05) is 13.1 Å². The Morgan fingerprint density at radius 3 is 2.64 bits per heavy atom. The van der Waals surface area contributed by atoms with Crippen LogP contribution in [0.25, 0.3) is 10.8 Å². The first-order valence-corrected chi connectivity index (χ1v) is 8.56. The van der Waals surface area contributed by atoms with E-state index in [1.165, 1.54) is 5.39 Å². The summed E-state index contributed by atoms with van der Waals surface area (Å²) in [7, 11) is 0. The van der Waals surface area contributed by atoms with Gasteiger partial charge < -0.3 is 9.64 Å². The summed E-state index contributed by atoms with van der Waals surface area (Å²) in [4.78, 5) is 26.7. The Bertz CT molecular complexity index is 795. The molecule has 1 N–H and O–H groups in total. The second-order valence-electron chi connectivity index (χ2n) is 7.36. The van der Waals surface area contributed by atoms with Crippen LogP contribution >= 0.6 is 0 Å². The fourth-order valence-electron chi connectivity index (χ4n) is 2.98. The van der Waals surface area contributed by atoms with E-state index in [0.717, 1.165) is 10.9 Å². The number of rotatable bonds is 3. The predicted molar refractivity (Wildman–Crippen MR) is 97.0 cm³/mol. The van der Waals surface area contributed by atoms with Crippen molar-refractivity contribution in [3.05, 3.63) is 48.0 Å². The van der Waals surface area contributed by atoms with E-state index in [4.69, 9.17) is 4.74 Å². The van der Waals surface area contributed by atoms with E-state index >= 15 is 0 Å². The smallest absolute Gasteiger partial charge is 0.333 e. The van der Waals surface area contributed by atoms with Crippen LogP contribution in [-0.4, -0.2) is 41.5 Å². The van der Waals surface area contributed by atoms with Gasteiger partial charge in [-0.25, -0.2) is 4.79 Å². The third-order valence-corrected chi connectivity index (χ3v) is 4.12. The molecular weight excluding hydrogens is 316 g/mol. The third-order valence-electron chi connectivity index (χ3n) is 4.12. The van der Waals surface area contributed by atoms with Gasteiger partial charge in [0.15, 0.2) is 6.04 Å². The SMILES string of the molecule is CC(C)(C)OC(=O)C1NCCN(Cc2ccc3ccccc3c2)C1=O. The lowest BCUT2D eigenvalue weighted by Crippen LogP contribution is -2.59. The molecule has 0 aliphatic carbocycles. The van der Waals surface area contributed by atoms with Crippen LogP contribution in [-0.2, 0) is 20.9 Å². The summed E-state index contributed by atoms with van der Waals surface area (Å²) in [5.74, 6) is -0.741. The molecule has 3 rings (SSSR count). The molecule has 1 aliphatic rings. The zero-order valence-electron chi connectivity index (χ0n) is 14.9. The molecule has 2 aromatic rings. The van der Waals surface area contributed by atoms with Gasteiger partial charge in [-0.15, -0.1) is 0 Å². The summed E-state index contributed by atoms with van der Waals surface area (Å²) in [5, 5.41) is 5.29. The van der Waals surface area contributed by atoms with Crippen LogP contribution in [0, 0.1) is 0 Å². The Hall–Kier alpha value is -2.40. The summed E-state index contributed by atoms with van der Waals surface area (Å²) in [6.07, 6.45) is 0. The van der Waals surface area contributed by atoms with Crippen molar-refractivity contribution in [3.63, 3.8) is 0 Å². The second-order valence-corrected chi connectivity index (χ2v) is 7.36. The summed E-state index contributed by atoms with van der Waals surface area (Å²) >= 11 is 0. The van der Waals surface area contributed by atoms with Crippen molar-refractivity contribution in [2.45, 2.75) is 39.0 Å². The first kappa shape index (κ1) is 17.4. The van der Waals surface area contributed by atoms with Crippen LogP contribution < -0.4 is 5.32 Å². The van der Waals surface area contributed by atoms with Crippen molar-refractivity contribution in [3.8, 4) is 0 Å². The molecule has 1 heterocycles. The molecule has 0 spiro atoms. The lowest BCUT2D eigenvalue weighted by atomic mass is 10.1. The van der Waals surface area contributed by atoms with Crippen molar-refractivity contribution in [1.82, 2.24) is 10.2 Å². The van der Waals surface area contributed by atoms with Gasteiger partial charge in [0.1, 0.15) is 5.60 Å². The van der Waals surface area contributed by atoms with Crippen molar-refractivity contribution < 1.29 is 14.3 Å². The third kappa shape index (κ3) is 4.17. The molecule has 1 aliphatic heterocycles. The molecule has 0 radical (unpaired) electrons. The van der Waals surface area contributed by atoms with Crippen molar-refractivity contribution >= 4 is 22.6 Å². The number of carbonyl (C=O) groups is 2. The van der Waals surface area contributed by atoms with E-state index in [1.54, 1.807) is 25.7 Å². The molecule has 1 atom stereocenters. The molecule has 25 heavy (non-hydrogen) atoms. The molecule has 1 unspecified atom stereocenters. The van der Waals surface area contributed by atoms with Crippen LogP contribution in [0.1, 0.15) is 26.3 Å². The maximum absolute atomic E-state index is 12.7. The Balaban J connectivity index is 1.73. The highest BCUT2D eigenvalue weighted by Crippen LogP contribution is 2.18. The first-order chi connectivity index (χ1) is 11.8. The molecular formula is C20H24N2O3. The van der Waals surface area contributed by atoms with Gasteiger partial charge in [0.05, 0.1) is 0 Å². The quantitative estimate of drug-likeness (QED) is 0.689. The highest BCUT2D eigenvalue weighted by atomic mass is 16.6. The number of fused-ring (bicyclic) bond motifs is 1. The number of hydrogen-bond acceptors (Lipinski definition) is 4. The fraction of sp³-hybridized carbons (Fsp3) is 0.400. The molecule has 2 aromatic carbocycles. The van der Waals surface area contributed by atoms with Crippen molar-refractivity contribution in [1.29, 1.82) is 0 Å². The average Bonchev–Trinajstić information content (AvgIpc) is 2.55. The number of ether oxygens (including phenoxy) is 1. The van der Waals surface area contributed by atoms with Crippen LogP contribution in [0.5, 0.6) is 0 Å². The number of carbonyl (C=O) groups excluding carboxylic acids is 2. The molecule has 1 amide bonds. The Morgan fingerprint density at radius 2 is 1.92 bits per heavy atom. The number of esters is 1. The van der Waals surface area contributed by atoms with Crippen LogP contribution in [0.3, 0.4) is 0 Å². The summed E-state index contributed by atoms with van der Waals surface area (Å²) < 4.78 is 5.35. The minimum absolute atomic E-state index is 0.228. The number of piperazine rings is 1. The lowest BCUT2D eigenvalue weighted by Gasteiger charge is -2.33. The number of nitrogens with one attached hydrogen (secondary N) is 1. The van der Waals surface area contributed by atoms with Crippen molar-refractivity contribution in [2.24, 2.45) is 0 Å². The topological polar surface area (TPSA) is 58.6 Å². The normalized spacial score (nSPS) is 18.4. The van der Waals surface area contributed by atoms with Crippen LogP contribution in [0.2, 0.25) is 0 Å². The van der Waals surface area contributed by atoms with Gasteiger partial charge in [-0.05, 0) is 43.2 Å². The second kappa shape index (κ2) is 6.84. The largest absolute Gasteiger partial charge is 0.458 e. The van der Waals surface area contributed by atoms with Gasteiger partial charge in [-0.2, -0.15) is 0 Å². The standard InChI is InChI=1S/C20H24N2O3/c1-20(2,3)25-19(24)17-18(23)22(11-10-21-17)13-14-8-9-15-6-4-5-7-16(15)12-14/h4-9,12,17,21H,10-11,13H2,1-3H3. The average molecular weight is 340 g/mol. The van der Waals surface area contributed by atoms with E-state index in [9.17, 15) is 9.59 Å². The highest BCUT2D eigenvalue weighted by Gasteiger charge is 2.36. The lowest BCUT2D eigenvalue weighted by molar-refractivity contribution is -0.163. The predicted octanol–water partition coefficient (Wildman–Crippen LogP) is 2.48. The molecule has 1 saturated heterocycles. The van der Waals surface area contributed by atoms with Gasteiger partial charge in [-0.3, -0.25) is 10.1 Å². The van der Waals surface area contributed by atoms with E-state index < -0.39 is 17.6 Å². The zero-order chi connectivity index (χ0) is 18.0. The number of hydrogen-bond donors (Lipinski definition) is 1. The molecule has 5 nitrogen and oxygen atoms in total. The van der Waals surface area contributed by atoms with E-state index in [2.05, 4.69) is 29.6 Å². The van der Waals surface area contributed by atoms with Gasteiger partial charge in [0.2, 0.25) is 0 Å². The maximum Gasteiger partial charge on any atom is 0.333 e. The van der Waals surface area contributed by atoms with Crippen LogP contribution in [0.15, 0.2) is 42.5 Å². The minimum Gasteiger partial charge on any atom is -0.458 e. The molecule has 0 bridgehead atoms. The van der Waals surface area contributed by atoms with E-state index in [0.29, 0.717) is 19.6 Å². The van der Waals surface area contributed by atoms with E-state index in [1.807, 2.05) is 18.2 Å². The van der Waals surface area contributed by atoms with Gasteiger partial charge in [0.25, 0.3) is 5.91 Å². The Morgan fingerprint density at radius 1 is 1.20 bits per heavy atom.